The zero-order chi connectivity index (χ0) is 15.6. The Morgan fingerprint density at radius 1 is 1.19 bits per heavy atom. The number of carbonyl (C=O) groups excluding carboxylic acids is 1. The molecule has 0 fully saturated rings. The van der Waals surface area contributed by atoms with Gasteiger partial charge in [0.25, 0.3) is 5.91 Å². The van der Waals surface area contributed by atoms with Crippen LogP contribution in [-0.4, -0.2) is 21.6 Å². The fourth-order valence-corrected chi connectivity index (χ4v) is 2.13. The van der Waals surface area contributed by atoms with Crippen LogP contribution in [0.1, 0.15) is 37.7 Å². The van der Waals surface area contributed by atoms with Crippen molar-refractivity contribution in [3.63, 3.8) is 0 Å². The first-order valence-electron chi connectivity index (χ1n) is 6.63. The van der Waals surface area contributed by atoms with E-state index in [-0.39, 0.29) is 11.5 Å². The van der Waals surface area contributed by atoms with Crippen LogP contribution in [-0.2, 0) is 13.6 Å². The smallest absolute Gasteiger partial charge is 0.335 e. The number of aromatic carboxylic acids is 1. The molecule has 1 aromatic heterocycles. The molecule has 1 amide bonds. The minimum atomic E-state index is -0.957. The van der Waals surface area contributed by atoms with E-state index in [1.165, 1.54) is 12.1 Å². The lowest BCUT2D eigenvalue weighted by atomic mass is 10.1. The van der Waals surface area contributed by atoms with E-state index in [9.17, 15) is 9.59 Å². The summed E-state index contributed by atoms with van der Waals surface area (Å²) < 4.78 is 1.97. The predicted octanol–water partition coefficient (Wildman–Crippen LogP) is 2.27. The Balaban J connectivity index is 2.04. The van der Waals surface area contributed by atoms with Crippen LogP contribution in [0.5, 0.6) is 0 Å². The summed E-state index contributed by atoms with van der Waals surface area (Å²) >= 11 is 0. The lowest BCUT2D eigenvalue weighted by molar-refractivity contribution is 0.0696. The molecule has 0 unspecified atom stereocenters. The zero-order valence-corrected chi connectivity index (χ0v) is 12.3. The number of nitrogens with one attached hydrogen (secondary N) is 1. The first-order valence-corrected chi connectivity index (χ1v) is 6.63. The van der Waals surface area contributed by atoms with Gasteiger partial charge in [0, 0.05) is 25.0 Å². The summed E-state index contributed by atoms with van der Waals surface area (Å²) in [7, 11) is 1.92. The van der Waals surface area contributed by atoms with Crippen molar-refractivity contribution >= 4 is 11.9 Å². The fraction of sp³-hybridized carbons (Fsp3) is 0.250. The Morgan fingerprint density at radius 3 is 2.29 bits per heavy atom. The molecule has 0 spiro atoms. The largest absolute Gasteiger partial charge is 0.478 e. The molecule has 0 radical (unpaired) electrons. The number of nitrogens with zero attached hydrogens (tertiary/aromatic N) is 1. The molecule has 5 nitrogen and oxygen atoms in total. The van der Waals surface area contributed by atoms with E-state index in [1.54, 1.807) is 12.1 Å². The number of aryl methyl sites for hydroxylation is 1. The van der Waals surface area contributed by atoms with Crippen molar-refractivity contribution in [3.8, 4) is 0 Å². The molecule has 110 valence electrons. The van der Waals surface area contributed by atoms with Gasteiger partial charge in [-0.25, -0.2) is 4.79 Å². The van der Waals surface area contributed by atoms with Crippen molar-refractivity contribution in [3.05, 3.63) is 58.4 Å². The third-order valence-corrected chi connectivity index (χ3v) is 3.67. The first kappa shape index (κ1) is 14.8. The average Bonchev–Trinajstić information content (AvgIpc) is 2.73. The Morgan fingerprint density at radius 2 is 1.81 bits per heavy atom. The van der Waals surface area contributed by atoms with Crippen molar-refractivity contribution in [2.45, 2.75) is 20.4 Å². The van der Waals surface area contributed by atoms with Gasteiger partial charge in [0.15, 0.2) is 0 Å². The van der Waals surface area contributed by atoms with Gasteiger partial charge in [-0.3, -0.25) is 4.79 Å². The molecule has 0 aliphatic heterocycles. The highest BCUT2D eigenvalue weighted by Crippen LogP contribution is 2.13. The van der Waals surface area contributed by atoms with Gasteiger partial charge < -0.3 is 15.0 Å². The van der Waals surface area contributed by atoms with E-state index in [1.807, 2.05) is 31.5 Å². The topological polar surface area (TPSA) is 71.3 Å². The number of carboxylic acid groups (broad SMARTS) is 1. The number of carbonyl (C=O) groups is 2. The predicted molar refractivity (Wildman–Crippen MR) is 79.5 cm³/mol. The molecule has 1 aromatic carbocycles. The van der Waals surface area contributed by atoms with Gasteiger partial charge in [-0.1, -0.05) is 12.1 Å². The van der Waals surface area contributed by atoms with Gasteiger partial charge in [0.05, 0.1) is 11.1 Å². The van der Waals surface area contributed by atoms with Gasteiger partial charge in [-0.15, -0.1) is 0 Å². The Kier molecular flexibility index (Phi) is 4.12. The number of rotatable bonds is 4. The molecule has 0 saturated carbocycles. The lowest BCUT2D eigenvalue weighted by Gasteiger charge is -2.06. The standard InChI is InChI=1S/C16H18N2O3/c1-10-8-14(11(2)18(10)3)15(19)17-9-12-4-6-13(7-5-12)16(20)21/h4-8H,9H2,1-3H3,(H,17,19)(H,20,21). The molecule has 0 atom stereocenters. The molecule has 0 bridgehead atoms. The minimum absolute atomic E-state index is 0.126. The van der Waals surface area contributed by atoms with Crippen molar-refractivity contribution in [1.82, 2.24) is 9.88 Å². The van der Waals surface area contributed by atoms with E-state index >= 15 is 0 Å². The molecule has 2 rings (SSSR count). The second-order valence-electron chi connectivity index (χ2n) is 5.03. The second kappa shape index (κ2) is 5.83. The molecular weight excluding hydrogens is 268 g/mol. The Labute approximate surface area is 123 Å². The van der Waals surface area contributed by atoms with Crippen molar-refractivity contribution in [1.29, 1.82) is 0 Å². The molecule has 21 heavy (non-hydrogen) atoms. The molecule has 1 heterocycles. The normalized spacial score (nSPS) is 10.4. The van der Waals surface area contributed by atoms with Gasteiger partial charge in [0.2, 0.25) is 0 Å². The maximum atomic E-state index is 12.2. The van der Waals surface area contributed by atoms with Crippen LogP contribution in [0.15, 0.2) is 30.3 Å². The summed E-state index contributed by atoms with van der Waals surface area (Å²) in [4.78, 5) is 22.9. The number of aromatic nitrogens is 1. The maximum Gasteiger partial charge on any atom is 0.335 e. The summed E-state index contributed by atoms with van der Waals surface area (Å²) in [5.41, 5.74) is 3.71. The van der Waals surface area contributed by atoms with Crippen molar-refractivity contribution in [2.75, 3.05) is 0 Å². The highest BCUT2D eigenvalue weighted by atomic mass is 16.4. The quantitative estimate of drug-likeness (QED) is 0.905. The van der Waals surface area contributed by atoms with Crippen LogP contribution in [0.4, 0.5) is 0 Å². The van der Waals surface area contributed by atoms with Crippen molar-refractivity contribution in [2.24, 2.45) is 7.05 Å². The molecule has 5 heteroatoms. The number of carboxylic acids is 1. The van der Waals surface area contributed by atoms with E-state index in [4.69, 9.17) is 5.11 Å². The average molecular weight is 286 g/mol. The van der Waals surface area contributed by atoms with Crippen LogP contribution < -0.4 is 5.32 Å². The molecule has 2 N–H and O–H groups in total. The molecule has 0 aliphatic rings. The van der Waals surface area contributed by atoms with Crippen molar-refractivity contribution < 1.29 is 14.7 Å². The van der Waals surface area contributed by atoms with Crippen LogP contribution in [0.2, 0.25) is 0 Å². The SMILES string of the molecule is Cc1cc(C(=O)NCc2ccc(C(=O)O)cc2)c(C)n1C. The summed E-state index contributed by atoms with van der Waals surface area (Å²) in [6.45, 7) is 4.23. The van der Waals surface area contributed by atoms with E-state index in [0.717, 1.165) is 17.0 Å². The van der Waals surface area contributed by atoms with E-state index in [2.05, 4.69) is 5.32 Å². The molecular formula is C16H18N2O3. The van der Waals surface area contributed by atoms with E-state index in [0.29, 0.717) is 12.1 Å². The van der Waals surface area contributed by atoms with Gasteiger partial charge >= 0.3 is 5.97 Å². The van der Waals surface area contributed by atoms with Crippen LogP contribution in [0.25, 0.3) is 0 Å². The van der Waals surface area contributed by atoms with Crippen LogP contribution in [0, 0.1) is 13.8 Å². The monoisotopic (exact) mass is 286 g/mol. The number of hydrogen-bond acceptors (Lipinski definition) is 2. The lowest BCUT2D eigenvalue weighted by Crippen LogP contribution is -2.23. The van der Waals surface area contributed by atoms with Gasteiger partial charge in [-0.05, 0) is 37.6 Å². The number of amides is 1. The maximum absolute atomic E-state index is 12.2. The Hall–Kier alpha value is -2.56. The van der Waals surface area contributed by atoms with E-state index < -0.39 is 5.97 Å². The molecule has 2 aromatic rings. The van der Waals surface area contributed by atoms with Gasteiger partial charge in [0.1, 0.15) is 0 Å². The third kappa shape index (κ3) is 3.13. The highest BCUT2D eigenvalue weighted by Gasteiger charge is 2.13. The Bertz CT molecular complexity index is 684. The third-order valence-electron chi connectivity index (χ3n) is 3.67. The zero-order valence-electron chi connectivity index (χ0n) is 12.3. The van der Waals surface area contributed by atoms with Crippen LogP contribution in [0.3, 0.4) is 0 Å². The summed E-state index contributed by atoms with van der Waals surface area (Å²) in [5, 5.41) is 11.7. The fourth-order valence-electron chi connectivity index (χ4n) is 2.13. The van der Waals surface area contributed by atoms with Gasteiger partial charge in [-0.2, -0.15) is 0 Å². The summed E-state index contributed by atoms with van der Waals surface area (Å²) in [5.74, 6) is -1.08. The van der Waals surface area contributed by atoms with Crippen LogP contribution >= 0.6 is 0 Å². The minimum Gasteiger partial charge on any atom is -0.478 e. The second-order valence-corrected chi connectivity index (χ2v) is 5.03. The first-order chi connectivity index (χ1) is 9.90. The summed E-state index contributed by atoms with van der Waals surface area (Å²) in [6.07, 6.45) is 0. The summed E-state index contributed by atoms with van der Waals surface area (Å²) in [6, 6.07) is 8.32. The number of hydrogen-bond donors (Lipinski definition) is 2. The molecule has 0 saturated heterocycles. The molecule has 0 aliphatic carbocycles. The number of benzene rings is 1. The highest BCUT2D eigenvalue weighted by molar-refractivity contribution is 5.95.